The molecule has 12 heteroatoms. The Kier molecular flexibility index (Phi) is 9.35. The van der Waals surface area contributed by atoms with Gasteiger partial charge in [0.25, 0.3) is 0 Å². The van der Waals surface area contributed by atoms with Crippen LogP contribution < -0.4 is 16.2 Å². The van der Waals surface area contributed by atoms with Gasteiger partial charge in [0.15, 0.2) is 5.96 Å². The lowest BCUT2D eigenvalue weighted by Crippen LogP contribution is -2.36. The number of rotatable bonds is 11. The molecule has 2 aromatic carbocycles. The molecular formula is C29H30N4O7S. The zero-order valence-corrected chi connectivity index (χ0v) is 22.9. The third-order valence-corrected chi connectivity index (χ3v) is 7.62. The van der Waals surface area contributed by atoms with E-state index >= 15 is 0 Å². The number of guanidine groups is 1. The summed E-state index contributed by atoms with van der Waals surface area (Å²) in [5, 5.41) is 20.2. The van der Waals surface area contributed by atoms with Gasteiger partial charge in [0.1, 0.15) is 12.3 Å². The van der Waals surface area contributed by atoms with Gasteiger partial charge in [-0.1, -0.05) is 6.07 Å². The molecule has 1 aliphatic rings. The van der Waals surface area contributed by atoms with Crippen LogP contribution in [-0.2, 0) is 33.8 Å². The van der Waals surface area contributed by atoms with Crippen LogP contribution in [0.1, 0.15) is 57.1 Å². The van der Waals surface area contributed by atoms with Crippen molar-refractivity contribution in [3.63, 3.8) is 0 Å². The Balaban J connectivity index is 1.43. The predicted octanol–water partition coefficient (Wildman–Crippen LogP) is 3.42. The molecule has 0 bridgehead atoms. The smallest absolute Gasteiger partial charge is 0.343 e. The monoisotopic (exact) mass is 578 g/mol. The highest BCUT2D eigenvalue weighted by molar-refractivity contribution is 7.10. The van der Waals surface area contributed by atoms with Crippen LogP contribution in [0.3, 0.4) is 0 Å². The maximum Gasteiger partial charge on any atom is 0.343 e. The molecule has 0 saturated carbocycles. The lowest BCUT2D eigenvalue weighted by Gasteiger charge is -2.28. The summed E-state index contributed by atoms with van der Waals surface area (Å²) in [5.41, 5.74) is 14.2. The molecule has 3 aromatic rings. The maximum absolute atomic E-state index is 13.3. The van der Waals surface area contributed by atoms with E-state index in [0.717, 1.165) is 30.4 Å². The summed E-state index contributed by atoms with van der Waals surface area (Å²) in [6.45, 7) is -0.368. The van der Waals surface area contributed by atoms with E-state index < -0.39 is 24.5 Å². The molecule has 214 valence electrons. The van der Waals surface area contributed by atoms with Gasteiger partial charge in [-0.2, -0.15) is 0 Å². The normalized spacial score (nSPS) is 14.0. The van der Waals surface area contributed by atoms with Gasteiger partial charge in [0.2, 0.25) is 5.91 Å². The van der Waals surface area contributed by atoms with Crippen molar-refractivity contribution in [2.24, 2.45) is 16.5 Å². The van der Waals surface area contributed by atoms with Crippen LogP contribution in [0.5, 0.6) is 5.75 Å². The Bertz CT molecular complexity index is 1480. The molecule has 1 amide bonds. The number of aliphatic carboxylic acids is 2. The average Bonchev–Trinajstić information content (AvgIpc) is 3.34. The molecule has 0 radical (unpaired) electrons. The standard InChI is InChI=1S/C29H30N4O7S/c30-29(31)32-21-6-4-18(5-7-21)28(39)40-22-8-9-24-19(11-22)2-1-3-20(24)12-25(34)33(15-27(37)38)14-17-10-23(41-16-17)13-26(35)36/h4-11,16,20H,1-3,12-15H2,(H,35,36)(H,37,38)(H4,30,31,32). The van der Waals surface area contributed by atoms with E-state index in [0.29, 0.717) is 27.4 Å². The number of carbonyl (C=O) groups is 4. The molecule has 0 spiro atoms. The second-order valence-electron chi connectivity index (χ2n) is 9.76. The highest BCUT2D eigenvalue weighted by Gasteiger charge is 2.27. The molecule has 0 aliphatic heterocycles. The van der Waals surface area contributed by atoms with Gasteiger partial charge in [0, 0.05) is 17.8 Å². The number of aryl methyl sites for hydroxylation is 1. The molecule has 1 atom stereocenters. The number of nitrogens with two attached hydrogens (primary N) is 2. The summed E-state index contributed by atoms with van der Waals surface area (Å²) >= 11 is 1.27. The average molecular weight is 579 g/mol. The van der Waals surface area contributed by atoms with Crippen molar-refractivity contribution < 1.29 is 34.1 Å². The summed E-state index contributed by atoms with van der Waals surface area (Å²) in [5.74, 6) is -2.72. The van der Waals surface area contributed by atoms with E-state index in [1.54, 1.807) is 41.8 Å². The first-order valence-corrected chi connectivity index (χ1v) is 13.8. The number of carbonyl (C=O) groups excluding carboxylic acids is 2. The number of esters is 1. The molecule has 0 fully saturated rings. The number of nitrogens with zero attached hydrogens (tertiary/aromatic N) is 2. The number of aliphatic imine (C=N–C) groups is 1. The molecule has 4 rings (SSSR count). The highest BCUT2D eigenvalue weighted by atomic mass is 32.1. The lowest BCUT2D eigenvalue weighted by molar-refractivity contribution is -0.145. The number of amides is 1. The van der Waals surface area contributed by atoms with Gasteiger partial charge in [-0.15, -0.1) is 11.3 Å². The summed E-state index contributed by atoms with van der Waals surface area (Å²) < 4.78 is 5.58. The van der Waals surface area contributed by atoms with Crippen LogP contribution >= 0.6 is 11.3 Å². The van der Waals surface area contributed by atoms with Gasteiger partial charge in [-0.3, -0.25) is 14.4 Å². The van der Waals surface area contributed by atoms with Gasteiger partial charge >= 0.3 is 17.9 Å². The zero-order chi connectivity index (χ0) is 29.5. The topological polar surface area (TPSA) is 186 Å². The van der Waals surface area contributed by atoms with Crippen LogP contribution in [0, 0.1) is 0 Å². The Morgan fingerprint density at radius 2 is 1.78 bits per heavy atom. The number of ether oxygens (including phenoxy) is 1. The van der Waals surface area contributed by atoms with E-state index in [-0.39, 0.29) is 37.2 Å². The molecular weight excluding hydrogens is 548 g/mol. The van der Waals surface area contributed by atoms with Crippen molar-refractivity contribution in [3.05, 3.63) is 81.0 Å². The maximum atomic E-state index is 13.3. The first kappa shape index (κ1) is 29.3. The molecule has 1 aliphatic carbocycles. The summed E-state index contributed by atoms with van der Waals surface area (Å²) in [7, 11) is 0. The number of hydrogen-bond acceptors (Lipinski definition) is 7. The van der Waals surface area contributed by atoms with Crippen molar-refractivity contribution >= 4 is 46.8 Å². The van der Waals surface area contributed by atoms with Gasteiger partial charge in [-0.25, -0.2) is 9.79 Å². The number of carboxylic acid groups (broad SMARTS) is 2. The molecule has 0 saturated heterocycles. The van der Waals surface area contributed by atoms with E-state index in [2.05, 4.69) is 4.99 Å². The lowest BCUT2D eigenvalue weighted by atomic mass is 9.80. The zero-order valence-electron chi connectivity index (χ0n) is 22.1. The van der Waals surface area contributed by atoms with Crippen LogP contribution in [0.15, 0.2) is 58.9 Å². The number of benzene rings is 2. The van der Waals surface area contributed by atoms with E-state index in [9.17, 15) is 24.3 Å². The van der Waals surface area contributed by atoms with Crippen molar-refractivity contribution in [1.29, 1.82) is 0 Å². The fourth-order valence-electron chi connectivity index (χ4n) is 4.86. The van der Waals surface area contributed by atoms with Crippen molar-refractivity contribution in [2.75, 3.05) is 6.54 Å². The second-order valence-corrected chi connectivity index (χ2v) is 10.8. The predicted molar refractivity (Wildman–Crippen MR) is 152 cm³/mol. The minimum atomic E-state index is -1.12. The third kappa shape index (κ3) is 8.15. The van der Waals surface area contributed by atoms with Crippen molar-refractivity contribution in [3.8, 4) is 5.75 Å². The SMILES string of the molecule is NC(N)=Nc1ccc(C(=O)Oc2ccc3c(c2)CCCC3CC(=O)N(CC(=O)O)Cc2csc(CC(=O)O)c2)cc1. The minimum Gasteiger partial charge on any atom is -0.481 e. The fraction of sp³-hybridized carbons (Fsp3) is 0.276. The summed E-state index contributed by atoms with van der Waals surface area (Å²) in [4.78, 5) is 54.3. The number of fused-ring (bicyclic) bond motifs is 1. The Morgan fingerprint density at radius 3 is 2.46 bits per heavy atom. The molecule has 1 heterocycles. The van der Waals surface area contributed by atoms with E-state index in [1.165, 1.54) is 16.2 Å². The third-order valence-electron chi connectivity index (χ3n) is 6.63. The van der Waals surface area contributed by atoms with E-state index in [1.807, 2.05) is 12.1 Å². The number of hydrogen-bond donors (Lipinski definition) is 4. The van der Waals surface area contributed by atoms with E-state index in [4.69, 9.17) is 21.3 Å². The molecule has 11 nitrogen and oxygen atoms in total. The Labute approximate surface area is 240 Å². The van der Waals surface area contributed by atoms with Gasteiger partial charge in [-0.05, 0) is 89.7 Å². The second kappa shape index (κ2) is 13.1. The Hall–Kier alpha value is -4.71. The van der Waals surface area contributed by atoms with Crippen LogP contribution in [0.2, 0.25) is 0 Å². The highest BCUT2D eigenvalue weighted by Crippen LogP contribution is 2.36. The fourth-order valence-corrected chi connectivity index (χ4v) is 5.73. The molecule has 1 aromatic heterocycles. The van der Waals surface area contributed by atoms with Crippen LogP contribution in [0.4, 0.5) is 5.69 Å². The first-order chi connectivity index (χ1) is 19.6. The van der Waals surface area contributed by atoms with Gasteiger partial charge in [0.05, 0.1) is 17.7 Å². The largest absolute Gasteiger partial charge is 0.481 e. The van der Waals surface area contributed by atoms with Crippen molar-refractivity contribution in [2.45, 2.75) is 44.6 Å². The molecule has 41 heavy (non-hydrogen) atoms. The quantitative estimate of drug-likeness (QED) is 0.114. The first-order valence-electron chi connectivity index (χ1n) is 12.9. The molecule has 6 N–H and O–H groups in total. The summed E-state index contributed by atoms with van der Waals surface area (Å²) in [6, 6.07) is 13.4. The van der Waals surface area contributed by atoms with Crippen LogP contribution in [-0.4, -0.2) is 51.4 Å². The minimum absolute atomic E-state index is 0.0852. The summed E-state index contributed by atoms with van der Waals surface area (Å²) in [6.07, 6.45) is 2.37. The Morgan fingerprint density at radius 1 is 1.02 bits per heavy atom. The van der Waals surface area contributed by atoms with Crippen molar-refractivity contribution in [1.82, 2.24) is 4.90 Å². The van der Waals surface area contributed by atoms with Gasteiger partial charge < -0.3 is 31.3 Å². The van der Waals surface area contributed by atoms with Crippen LogP contribution in [0.25, 0.3) is 0 Å². The molecule has 1 unspecified atom stereocenters. The number of thiophene rings is 1. The number of carboxylic acids is 2.